The first-order chi connectivity index (χ1) is 8.19. The fourth-order valence-corrected chi connectivity index (χ4v) is 1.69. The lowest BCUT2D eigenvalue weighted by molar-refractivity contribution is -0.128. The minimum absolute atomic E-state index is 0.140. The summed E-state index contributed by atoms with van der Waals surface area (Å²) in [6.07, 6.45) is 1.03. The van der Waals surface area contributed by atoms with Crippen molar-refractivity contribution < 1.29 is 4.79 Å². The van der Waals surface area contributed by atoms with Crippen molar-refractivity contribution in [3.63, 3.8) is 0 Å². The maximum atomic E-state index is 11.6. The highest BCUT2D eigenvalue weighted by Gasteiger charge is 2.06. The summed E-state index contributed by atoms with van der Waals surface area (Å²) in [5, 5.41) is 3.20. The Morgan fingerprint density at radius 1 is 1.24 bits per heavy atom. The largest absolute Gasteiger partial charge is 0.345 e. The van der Waals surface area contributed by atoms with Gasteiger partial charge in [-0.1, -0.05) is 31.2 Å². The van der Waals surface area contributed by atoms with Crippen LogP contribution in [0.4, 0.5) is 0 Å². The summed E-state index contributed by atoms with van der Waals surface area (Å²) in [5.41, 5.74) is 2.62. The lowest BCUT2D eigenvalue weighted by Crippen LogP contribution is -2.35. The van der Waals surface area contributed by atoms with Crippen LogP contribution in [0.25, 0.3) is 0 Å². The van der Waals surface area contributed by atoms with Gasteiger partial charge in [0.1, 0.15) is 0 Å². The van der Waals surface area contributed by atoms with Gasteiger partial charge in [-0.3, -0.25) is 4.79 Å². The second-order valence-electron chi connectivity index (χ2n) is 4.13. The Balaban J connectivity index is 2.43. The third kappa shape index (κ3) is 4.19. The molecule has 94 valence electrons. The Morgan fingerprint density at radius 2 is 1.88 bits per heavy atom. The monoisotopic (exact) mass is 234 g/mol. The molecule has 0 aliphatic heterocycles. The van der Waals surface area contributed by atoms with Crippen LogP contribution in [-0.2, 0) is 17.8 Å². The molecule has 0 atom stereocenters. The molecule has 0 saturated carbocycles. The Labute approximate surface area is 104 Å². The average Bonchev–Trinajstić information content (AvgIpc) is 2.38. The van der Waals surface area contributed by atoms with Crippen LogP contribution < -0.4 is 5.32 Å². The molecule has 0 bridgehead atoms. The van der Waals surface area contributed by atoms with E-state index in [1.807, 2.05) is 20.0 Å². The molecule has 1 aromatic rings. The molecule has 3 nitrogen and oxygen atoms in total. The van der Waals surface area contributed by atoms with Gasteiger partial charge in [-0.15, -0.1) is 0 Å². The summed E-state index contributed by atoms with van der Waals surface area (Å²) in [6, 6.07) is 8.34. The van der Waals surface area contributed by atoms with Crippen LogP contribution in [0, 0.1) is 0 Å². The van der Waals surface area contributed by atoms with Crippen LogP contribution in [0.3, 0.4) is 0 Å². The molecule has 0 aliphatic rings. The Bertz CT molecular complexity index is 363. The molecular weight excluding hydrogens is 212 g/mol. The van der Waals surface area contributed by atoms with Gasteiger partial charge in [0.05, 0.1) is 6.54 Å². The Hall–Kier alpha value is -1.35. The number of amides is 1. The van der Waals surface area contributed by atoms with Gasteiger partial charge < -0.3 is 10.2 Å². The van der Waals surface area contributed by atoms with Crippen LogP contribution in [0.2, 0.25) is 0 Å². The number of nitrogens with one attached hydrogen (secondary N) is 1. The number of carbonyl (C=O) groups is 1. The van der Waals surface area contributed by atoms with E-state index in [0.717, 1.165) is 19.5 Å². The van der Waals surface area contributed by atoms with Gasteiger partial charge in [0, 0.05) is 20.1 Å². The van der Waals surface area contributed by atoms with Gasteiger partial charge in [-0.2, -0.15) is 0 Å². The maximum absolute atomic E-state index is 11.6. The normalized spacial score (nSPS) is 10.3. The maximum Gasteiger partial charge on any atom is 0.236 e. The van der Waals surface area contributed by atoms with Gasteiger partial charge in [-0.25, -0.2) is 0 Å². The summed E-state index contributed by atoms with van der Waals surface area (Å²) >= 11 is 0. The van der Waals surface area contributed by atoms with Crippen LogP contribution in [0.1, 0.15) is 25.0 Å². The zero-order chi connectivity index (χ0) is 12.7. The number of nitrogens with zero attached hydrogens (tertiary/aromatic N) is 1. The summed E-state index contributed by atoms with van der Waals surface area (Å²) in [5.74, 6) is 0.140. The van der Waals surface area contributed by atoms with Crippen molar-refractivity contribution in [1.29, 1.82) is 0 Å². The van der Waals surface area contributed by atoms with Gasteiger partial charge in [0.2, 0.25) is 5.91 Å². The van der Waals surface area contributed by atoms with E-state index in [9.17, 15) is 4.79 Å². The number of aryl methyl sites for hydroxylation is 1. The van der Waals surface area contributed by atoms with E-state index >= 15 is 0 Å². The Morgan fingerprint density at radius 3 is 2.47 bits per heavy atom. The lowest BCUT2D eigenvalue weighted by Gasteiger charge is -2.15. The van der Waals surface area contributed by atoms with E-state index in [0.29, 0.717) is 6.54 Å². The molecule has 0 aromatic heterocycles. The van der Waals surface area contributed by atoms with Gasteiger partial charge in [0.15, 0.2) is 0 Å². The minimum Gasteiger partial charge on any atom is -0.345 e. The summed E-state index contributed by atoms with van der Waals surface area (Å²) < 4.78 is 0. The van der Waals surface area contributed by atoms with E-state index in [2.05, 4.69) is 30.4 Å². The van der Waals surface area contributed by atoms with Crippen molar-refractivity contribution >= 4 is 5.91 Å². The van der Waals surface area contributed by atoms with Crippen LogP contribution >= 0.6 is 0 Å². The van der Waals surface area contributed by atoms with Crippen molar-refractivity contribution in [2.45, 2.75) is 26.8 Å². The highest BCUT2D eigenvalue weighted by Crippen LogP contribution is 2.08. The van der Waals surface area contributed by atoms with Crippen LogP contribution in [0.15, 0.2) is 24.3 Å². The second kappa shape index (κ2) is 7.07. The van der Waals surface area contributed by atoms with E-state index in [1.54, 1.807) is 4.90 Å². The first kappa shape index (κ1) is 13.7. The summed E-state index contributed by atoms with van der Waals surface area (Å²) in [7, 11) is 1.82. The molecule has 0 fully saturated rings. The molecule has 0 saturated heterocycles. The van der Waals surface area contributed by atoms with E-state index in [4.69, 9.17) is 0 Å². The predicted molar refractivity (Wildman–Crippen MR) is 70.8 cm³/mol. The third-order valence-electron chi connectivity index (χ3n) is 2.99. The smallest absolute Gasteiger partial charge is 0.236 e. The standard InChI is InChI=1S/C14H22N2O/c1-4-12-8-6-7-9-13(12)10-15-11-14(17)16(3)5-2/h6-9,15H,4-5,10-11H2,1-3H3. The topological polar surface area (TPSA) is 32.3 Å². The first-order valence-corrected chi connectivity index (χ1v) is 6.20. The van der Waals surface area contributed by atoms with E-state index in [1.165, 1.54) is 11.1 Å². The molecule has 3 heteroatoms. The van der Waals surface area contributed by atoms with Gasteiger partial charge in [0.25, 0.3) is 0 Å². The fraction of sp³-hybridized carbons (Fsp3) is 0.500. The number of carbonyl (C=O) groups excluding carboxylic acids is 1. The number of rotatable bonds is 6. The Kier molecular flexibility index (Phi) is 5.70. The van der Waals surface area contributed by atoms with Crippen molar-refractivity contribution in [1.82, 2.24) is 10.2 Å². The summed E-state index contributed by atoms with van der Waals surface area (Å²) in [4.78, 5) is 13.3. The molecule has 1 amide bonds. The molecule has 0 heterocycles. The quantitative estimate of drug-likeness (QED) is 0.814. The molecule has 0 unspecified atom stereocenters. The third-order valence-corrected chi connectivity index (χ3v) is 2.99. The molecular formula is C14H22N2O. The molecule has 0 spiro atoms. The van der Waals surface area contributed by atoms with Gasteiger partial charge in [-0.05, 0) is 24.5 Å². The number of benzene rings is 1. The van der Waals surface area contributed by atoms with Crippen LogP contribution in [-0.4, -0.2) is 30.9 Å². The van der Waals surface area contributed by atoms with Crippen molar-refractivity contribution in [3.8, 4) is 0 Å². The van der Waals surface area contributed by atoms with E-state index < -0.39 is 0 Å². The average molecular weight is 234 g/mol. The minimum atomic E-state index is 0.140. The highest BCUT2D eigenvalue weighted by molar-refractivity contribution is 5.77. The van der Waals surface area contributed by atoms with Crippen LogP contribution in [0.5, 0.6) is 0 Å². The zero-order valence-corrected chi connectivity index (χ0v) is 11.0. The van der Waals surface area contributed by atoms with Crippen molar-refractivity contribution in [3.05, 3.63) is 35.4 Å². The first-order valence-electron chi connectivity index (χ1n) is 6.20. The number of likely N-dealkylation sites (N-methyl/N-ethyl adjacent to an activating group) is 1. The number of hydrogen-bond acceptors (Lipinski definition) is 2. The van der Waals surface area contributed by atoms with Gasteiger partial charge >= 0.3 is 0 Å². The zero-order valence-electron chi connectivity index (χ0n) is 11.0. The molecule has 1 N–H and O–H groups in total. The second-order valence-corrected chi connectivity index (χ2v) is 4.13. The highest BCUT2D eigenvalue weighted by atomic mass is 16.2. The molecule has 1 rings (SSSR count). The molecule has 1 aromatic carbocycles. The predicted octanol–water partition coefficient (Wildman–Crippen LogP) is 1.82. The lowest BCUT2D eigenvalue weighted by atomic mass is 10.1. The summed E-state index contributed by atoms with van der Waals surface area (Å²) in [6.45, 7) is 6.04. The molecule has 0 radical (unpaired) electrons. The molecule has 0 aliphatic carbocycles. The van der Waals surface area contributed by atoms with Crippen molar-refractivity contribution in [2.75, 3.05) is 20.1 Å². The fourth-order valence-electron chi connectivity index (χ4n) is 1.69. The number of hydrogen-bond donors (Lipinski definition) is 1. The SMILES string of the molecule is CCc1ccccc1CNCC(=O)N(C)CC. The van der Waals surface area contributed by atoms with E-state index in [-0.39, 0.29) is 5.91 Å². The van der Waals surface area contributed by atoms with Crippen molar-refractivity contribution in [2.24, 2.45) is 0 Å². The molecule has 17 heavy (non-hydrogen) atoms.